The molecule has 2 saturated carbocycles. The predicted molar refractivity (Wildman–Crippen MR) is 105 cm³/mol. The van der Waals surface area contributed by atoms with E-state index < -0.39 is 11.6 Å². The molecule has 1 N–H and O–H groups in total. The quantitative estimate of drug-likeness (QED) is 0.676. The maximum absolute atomic E-state index is 13.4. The van der Waals surface area contributed by atoms with Crippen LogP contribution in [-0.2, 0) is 11.3 Å². The molecular weight excluding hydrogens is 388 g/mol. The Morgan fingerprint density at radius 1 is 1.07 bits per heavy atom. The Morgan fingerprint density at radius 3 is 2.57 bits per heavy atom. The van der Waals surface area contributed by atoms with E-state index in [0.29, 0.717) is 23.2 Å². The molecule has 2 aromatic carbocycles. The van der Waals surface area contributed by atoms with E-state index in [9.17, 15) is 13.6 Å². The van der Waals surface area contributed by atoms with E-state index in [4.69, 9.17) is 4.52 Å². The minimum absolute atomic E-state index is 0.0766. The summed E-state index contributed by atoms with van der Waals surface area (Å²) in [5.41, 5.74) is 1.26. The SMILES string of the molecule is O=C(NCc1cc(F)cc(F)c1)[C@H]1[C@H]2CC[C@H](C2)[C@@H]1c1nc(-c2ccccc2)no1. The fourth-order valence-electron chi connectivity index (χ4n) is 5.12. The number of nitrogens with one attached hydrogen (secondary N) is 1. The number of halogens is 2. The molecule has 5 rings (SSSR count). The van der Waals surface area contributed by atoms with Crippen molar-refractivity contribution in [3.63, 3.8) is 0 Å². The molecule has 3 aromatic rings. The molecular formula is C23H21F2N3O2. The van der Waals surface area contributed by atoms with Crippen LogP contribution in [0.15, 0.2) is 53.1 Å². The van der Waals surface area contributed by atoms with Crippen molar-refractivity contribution >= 4 is 5.91 Å². The molecule has 5 nitrogen and oxygen atoms in total. The summed E-state index contributed by atoms with van der Waals surface area (Å²) < 4.78 is 32.4. The van der Waals surface area contributed by atoms with Gasteiger partial charge in [-0.1, -0.05) is 35.5 Å². The third kappa shape index (κ3) is 3.49. The van der Waals surface area contributed by atoms with E-state index in [2.05, 4.69) is 15.5 Å². The number of fused-ring (bicyclic) bond motifs is 2. The molecule has 1 amide bonds. The Kier molecular flexibility index (Phi) is 4.81. The number of hydrogen-bond acceptors (Lipinski definition) is 4. The fourth-order valence-corrected chi connectivity index (χ4v) is 5.12. The highest BCUT2D eigenvalue weighted by atomic mass is 19.1. The average Bonchev–Trinajstić information content (AvgIpc) is 3.47. The zero-order valence-corrected chi connectivity index (χ0v) is 16.2. The molecule has 2 aliphatic carbocycles. The van der Waals surface area contributed by atoms with Crippen molar-refractivity contribution in [1.82, 2.24) is 15.5 Å². The molecule has 7 heteroatoms. The lowest BCUT2D eigenvalue weighted by molar-refractivity contribution is -0.127. The van der Waals surface area contributed by atoms with Crippen LogP contribution < -0.4 is 5.32 Å². The molecule has 2 fully saturated rings. The molecule has 2 aliphatic rings. The molecule has 1 aromatic heterocycles. The van der Waals surface area contributed by atoms with Crippen LogP contribution in [-0.4, -0.2) is 16.0 Å². The Morgan fingerprint density at radius 2 is 1.80 bits per heavy atom. The van der Waals surface area contributed by atoms with Gasteiger partial charge in [0.2, 0.25) is 17.6 Å². The normalized spacial score (nSPS) is 24.9. The average molecular weight is 409 g/mol. The smallest absolute Gasteiger partial charge is 0.231 e. The molecule has 0 saturated heterocycles. The Balaban J connectivity index is 1.35. The summed E-state index contributed by atoms with van der Waals surface area (Å²) in [6.45, 7) is 0.0766. The lowest BCUT2D eigenvalue weighted by atomic mass is 9.78. The molecule has 1 heterocycles. The van der Waals surface area contributed by atoms with Gasteiger partial charge in [-0.3, -0.25) is 4.79 Å². The largest absolute Gasteiger partial charge is 0.352 e. The highest BCUT2D eigenvalue weighted by Gasteiger charge is 2.53. The molecule has 0 spiro atoms. The fraction of sp³-hybridized carbons (Fsp3) is 0.348. The summed E-state index contributed by atoms with van der Waals surface area (Å²) in [6, 6.07) is 12.8. The second-order valence-electron chi connectivity index (χ2n) is 8.20. The van der Waals surface area contributed by atoms with Crippen LogP contribution in [0.4, 0.5) is 8.78 Å². The van der Waals surface area contributed by atoms with Gasteiger partial charge < -0.3 is 9.84 Å². The third-order valence-electron chi connectivity index (χ3n) is 6.37. The lowest BCUT2D eigenvalue weighted by Crippen LogP contribution is -2.37. The van der Waals surface area contributed by atoms with Crippen molar-refractivity contribution in [1.29, 1.82) is 0 Å². The third-order valence-corrected chi connectivity index (χ3v) is 6.37. The van der Waals surface area contributed by atoms with Crippen LogP contribution in [0.5, 0.6) is 0 Å². The summed E-state index contributed by atoms with van der Waals surface area (Å²) in [5, 5.41) is 6.98. The second kappa shape index (κ2) is 7.63. The van der Waals surface area contributed by atoms with E-state index in [-0.39, 0.29) is 30.2 Å². The van der Waals surface area contributed by atoms with E-state index in [1.807, 2.05) is 30.3 Å². The van der Waals surface area contributed by atoms with Gasteiger partial charge in [0.1, 0.15) is 11.6 Å². The maximum Gasteiger partial charge on any atom is 0.231 e. The monoisotopic (exact) mass is 409 g/mol. The minimum atomic E-state index is -0.656. The van der Waals surface area contributed by atoms with Crippen LogP contribution in [0, 0.1) is 29.4 Å². The van der Waals surface area contributed by atoms with Gasteiger partial charge in [-0.25, -0.2) is 8.78 Å². The molecule has 4 atom stereocenters. The Hall–Kier alpha value is -3.09. The molecule has 0 radical (unpaired) electrons. The molecule has 2 bridgehead atoms. The first-order valence-corrected chi connectivity index (χ1v) is 10.2. The first-order chi connectivity index (χ1) is 14.6. The summed E-state index contributed by atoms with van der Waals surface area (Å²) in [4.78, 5) is 17.6. The number of nitrogens with zero attached hydrogens (tertiary/aromatic N) is 2. The van der Waals surface area contributed by atoms with Crippen LogP contribution in [0.2, 0.25) is 0 Å². The zero-order valence-electron chi connectivity index (χ0n) is 16.2. The van der Waals surface area contributed by atoms with Crippen molar-refractivity contribution in [2.45, 2.75) is 31.7 Å². The molecule has 0 aliphatic heterocycles. The van der Waals surface area contributed by atoms with Gasteiger partial charge in [-0.2, -0.15) is 4.98 Å². The van der Waals surface area contributed by atoms with Gasteiger partial charge >= 0.3 is 0 Å². The van der Waals surface area contributed by atoms with Crippen LogP contribution >= 0.6 is 0 Å². The summed E-state index contributed by atoms with van der Waals surface area (Å²) in [7, 11) is 0. The van der Waals surface area contributed by atoms with Gasteiger partial charge in [0.05, 0.1) is 11.8 Å². The first kappa shape index (κ1) is 18.9. The number of carbonyl (C=O) groups excluding carboxylic acids is 1. The van der Waals surface area contributed by atoms with E-state index in [1.165, 1.54) is 12.1 Å². The molecule has 0 unspecified atom stereocenters. The first-order valence-electron chi connectivity index (χ1n) is 10.2. The van der Waals surface area contributed by atoms with Crippen molar-refractivity contribution in [2.24, 2.45) is 17.8 Å². The Labute approximate surface area is 172 Å². The van der Waals surface area contributed by atoms with Gasteiger partial charge in [0, 0.05) is 18.2 Å². The van der Waals surface area contributed by atoms with E-state index in [1.54, 1.807) is 0 Å². The number of carbonyl (C=O) groups is 1. The Bertz CT molecular complexity index is 1050. The maximum atomic E-state index is 13.4. The summed E-state index contributed by atoms with van der Waals surface area (Å²) in [5.74, 6) is -0.230. The molecule has 154 valence electrons. The van der Waals surface area contributed by atoms with Crippen molar-refractivity contribution in [3.05, 3.63) is 71.6 Å². The van der Waals surface area contributed by atoms with Crippen LogP contribution in [0.3, 0.4) is 0 Å². The highest BCUT2D eigenvalue weighted by Crippen LogP contribution is 2.56. The van der Waals surface area contributed by atoms with Crippen molar-refractivity contribution in [2.75, 3.05) is 0 Å². The number of hydrogen-bond donors (Lipinski definition) is 1. The number of aromatic nitrogens is 2. The predicted octanol–water partition coefficient (Wildman–Crippen LogP) is 4.46. The van der Waals surface area contributed by atoms with Gasteiger partial charge in [-0.05, 0) is 48.8 Å². The minimum Gasteiger partial charge on any atom is -0.352 e. The summed E-state index contributed by atoms with van der Waals surface area (Å²) in [6.07, 6.45) is 2.99. The topological polar surface area (TPSA) is 68.0 Å². The number of benzene rings is 2. The molecule has 30 heavy (non-hydrogen) atoms. The van der Waals surface area contributed by atoms with Crippen molar-refractivity contribution < 1.29 is 18.1 Å². The second-order valence-corrected chi connectivity index (χ2v) is 8.20. The number of amides is 1. The van der Waals surface area contributed by atoms with Gasteiger partial charge in [0.25, 0.3) is 0 Å². The number of rotatable bonds is 5. The summed E-state index contributed by atoms with van der Waals surface area (Å²) >= 11 is 0. The van der Waals surface area contributed by atoms with Gasteiger partial charge in [0.15, 0.2) is 0 Å². The highest BCUT2D eigenvalue weighted by molar-refractivity contribution is 5.80. The zero-order chi connectivity index (χ0) is 20.7. The van der Waals surface area contributed by atoms with Crippen molar-refractivity contribution in [3.8, 4) is 11.4 Å². The van der Waals surface area contributed by atoms with Crippen LogP contribution in [0.1, 0.15) is 36.6 Å². The van der Waals surface area contributed by atoms with Crippen LogP contribution in [0.25, 0.3) is 11.4 Å². The lowest BCUT2D eigenvalue weighted by Gasteiger charge is -2.27. The standard InChI is InChI=1S/C23H21F2N3O2/c24-17-8-13(9-18(25)11-17)12-26-22(29)19-15-6-7-16(10-15)20(19)23-27-21(28-30-23)14-4-2-1-3-5-14/h1-5,8-9,11,15-16,19-20H,6-7,10,12H2,(H,26,29)/t15-,16+,19-,20-/m0/s1. The van der Waals surface area contributed by atoms with E-state index in [0.717, 1.165) is 30.9 Å². The van der Waals surface area contributed by atoms with Gasteiger partial charge in [-0.15, -0.1) is 0 Å². The van der Waals surface area contributed by atoms with E-state index >= 15 is 0 Å².